The Morgan fingerprint density at radius 3 is 2.66 bits per heavy atom. The fourth-order valence-electron chi connectivity index (χ4n) is 3.72. The van der Waals surface area contributed by atoms with E-state index < -0.39 is 5.63 Å². The molecule has 0 amide bonds. The molecular weight excluding hydrogens is 366 g/mol. The molecule has 2 N–H and O–H groups in total. The van der Waals surface area contributed by atoms with E-state index in [0.29, 0.717) is 23.1 Å². The van der Waals surface area contributed by atoms with Crippen molar-refractivity contribution in [1.29, 1.82) is 0 Å². The third-order valence-corrected chi connectivity index (χ3v) is 5.10. The van der Waals surface area contributed by atoms with Gasteiger partial charge in [-0.2, -0.15) is 5.10 Å². The number of hydrazone groups is 1. The van der Waals surface area contributed by atoms with Crippen molar-refractivity contribution in [2.75, 3.05) is 0 Å². The Kier molecular flexibility index (Phi) is 4.09. The average molecular weight is 383 g/mol. The molecule has 0 radical (unpaired) electrons. The highest BCUT2D eigenvalue weighted by molar-refractivity contribution is 6.06. The first-order chi connectivity index (χ1) is 14.2. The highest BCUT2D eigenvalue weighted by Crippen LogP contribution is 2.34. The zero-order valence-electron chi connectivity index (χ0n) is 15.4. The molecule has 4 aromatic rings. The third kappa shape index (κ3) is 2.95. The van der Waals surface area contributed by atoms with E-state index in [1.807, 2.05) is 42.5 Å². The second-order valence-electron chi connectivity index (χ2n) is 6.86. The molecule has 29 heavy (non-hydrogen) atoms. The van der Waals surface area contributed by atoms with Crippen LogP contribution >= 0.6 is 0 Å². The highest BCUT2D eigenvalue weighted by Gasteiger charge is 2.28. The Balaban J connectivity index is 1.52. The number of hydrogen-bond acceptors (Lipinski definition) is 6. The molecule has 0 aliphatic carbocycles. The maximum Gasteiger partial charge on any atom is 0.349 e. The molecule has 6 heteroatoms. The fourth-order valence-corrected chi connectivity index (χ4v) is 3.72. The molecule has 1 aliphatic rings. The smallest absolute Gasteiger partial charge is 0.349 e. The number of rotatable bonds is 3. The van der Waals surface area contributed by atoms with Gasteiger partial charge < -0.3 is 14.9 Å². The number of aromatic hydroxyl groups is 1. The van der Waals surface area contributed by atoms with Crippen molar-refractivity contribution in [2.24, 2.45) is 5.10 Å². The van der Waals surface area contributed by atoms with Gasteiger partial charge >= 0.3 is 5.63 Å². The van der Waals surface area contributed by atoms with Crippen molar-refractivity contribution >= 4 is 16.7 Å². The van der Waals surface area contributed by atoms with Gasteiger partial charge in [-0.25, -0.2) is 4.79 Å². The Hall–Kier alpha value is -3.93. The van der Waals surface area contributed by atoms with E-state index in [0.717, 1.165) is 16.8 Å². The molecule has 1 unspecified atom stereocenters. The SMILES string of the molecule is O=c1oc2ccccc2c(O)c1C1=NNC(c2ccccc2-c2ccccn2)C1. The lowest BCUT2D eigenvalue weighted by Crippen LogP contribution is -2.15. The quantitative estimate of drug-likeness (QED) is 0.522. The average Bonchev–Trinajstić information content (AvgIpc) is 3.24. The minimum atomic E-state index is -0.597. The van der Waals surface area contributed by atoms with Crippen LogP contribution < -0.4 is 11.1 Å². The number of fused-ring (bicyclic) bond motifs is 1. The minimum absolute atomic E-state index is 0.101. The predicted octanol–water partition coefficient (Wildman–Crippen LogP) is 4.00. The monoisotopic (exact) mass is 383 g/mol. The number of aromatic nitrogens is 1. The zero-order chi connectivity index (χ0) is 19.8. The van der Waals surface area contributed by atoms with Crippen LogP contribution in [0.4, 0.5) is 0 Å². The minimum Gasteiger partial charge on any atom is -0.506 e. The molecule has 142 valence electrons. The van der Waals surface area contributed by atoms with Crippen molar-refractivity contribution in [3.8, 4) is 17.0 Å². The summed E-state index contributed by atoms with van der Waals surface area (Å²) in [6.45, 7) is 0. The van der Waals surface area contributed by atoms with Crippen LogP contribution in [0.3, 0.4) is 0 Å². The van der Waals surface area contributed by atoms with Gasteiger partial charge in [0.1, 0.15) is 16.9 Å². The van der Waals surface area contributed by atoms with E-state index in [1.165, 1.54) is 0 Å². The summed E-state index contributed by atoms with van der Waals surface area (Å²) in [6.07, 6.45) is 2.20. The van der Waals surface area contributed by atoms with Gasteiger partial charge in [-0.15, -0.1) is 0 Å². The molecule has 2 aromatic heterocycles. The second kappa shape index (κ2) is 6.91. The van der Waals surface area contributed by atoms with Gasteiger partial charge in [-0.3, -0.25) is 4.98 Å². The van der Waals surface area contributed by atoms with E-state index >= 15 is 0 Å². The first-order valence-corrected chi connectivity index (χ1v) is 9.30. The number of benzene rings is 2. The maximum atomic E-state index is 12.5. The molecular formula is C23H17N3O3. The molecule has 0 fully saturated rings. The molecule has 2 aromatic carbocycles. The Bertz CT molecular complexity index is 1300. The number of para-hydroxylation sites is 1. The Morgan fingerprint density at radius 2 is 1.79 bits per heavy atom. The van der Waals surface area contributed by atoms with E-state index in [4.69, 9.17) is 4.42 Å². The number of hydrogen-bond donors (Lipinski definition) is 2. The van der Waals surface area contributed by atoms with Gasteiger partial charge in [-0.1, -0.05) is 42.5 Å². The molecule has 3 heterocycles. The first-order valence-electron chi connectivity index (χ1n) is 9.30. The van der Waals surface area contributed by atoms with Gasteiger partial charge in [-0.05, 0) is 29.8 Å². The van der Waals surface area contributed by atoms with Gasteiger partial charge in [0, 0.05) is 18.2 Å². The summed E-state index contributed by atoms with van der Waals surface area (Å²) in [4.78, 5) is 17.0. The Morgan fingerprint density at radius 1 is 1.00 bits per heavy atom. The van der Waals surface area contributed by atoms with Crippen molar-refractivity contribution < 1.29 is 9.52 Å². The summed E-state index contributed by atoms with van der Waals surface area (Å²) >= 11 is 0. The summed E-state index contributed by atoms with van der Waals surface area (Å²) < 4.78 is 5.39. The van der Waals surface area contributed by atoms with E-state index in [9.17, 15) is 9.90 Å². The van der Waals surface area contributed by atoms with Crippen LogP contribution in [0.2, 0.25) is 0 Å². The Labute approximate surface area is 166 Å². The standard InChI is InChI=1S/C23H17N3O3/c27-22-16-9-3-4-11-20(16)29-23(28)21(22)19-13-18(25-26-19)15-8-2-1-7-14(15)17-10-5-6-12-24-17/h1-12,18,25,27H,13H2. The molecule has 0 saturated heterocycles. The van der Waals surface area contributed by atoms with Crippen LogP contribution in [0.1, 0.15) is 23.6 Å². The van der Waals surface area contributed by atoms with Crippen molar-refractivity contribution in [1.82, 2.24) is 10.4 Å². The first kappa shape index (κ1) is 17.2. The van der Waals surface area contributed by atoms with Gasteiger partial charge in [0.25, 0.3) is 0 Å². The summed E-state index contributed by atoms with van der Waals surface area (Å²) in [5.41, 5.74) is 6.32. The molecule has 6 nitrogen and oxygen atoms in total. The lowest BCUT2D eigenvalue weighted by Gasteiger charge is -2.15. The van der Waals surface area contributed by atoms with Gasteiger partial charge in [0.05, 0.1) is 22.8 Å². The fraction of sp³-hybridized carbons (Fsp3) is 0.0870. The van der Waals surface area contributed by atoms with Crippen LogP contribution in [0.15, 0.2) is 87.2 Å². The summed E-state index contributed by atoms with van der Waals surface area (Å²) in [6, 6.07) is 20.5. The van der Waals surface area contributed by atoms with E-state index in [2.05, 4.69) is 15.5 Å². The maximum absolute atomic E-state index is 12.5. The number of nitrogens with zero attached hydrogens (tertiary/aromatic N) is 2. The van der Waals surface area contributed by atoms with Gasteiger partial charge in [0.15, 0.2) is 0 Å². The van der Waals surface area contributed by atoms with Crippen LogP contribution in [-0.4, -0.2) is 15.8 Å². The molecule has 0 spiro atoms. The van der Waals surface area contributed by atoms with Crippen LogP contribution in [0.25, 0.3) is 22.2 Å². The molecule has 5 rings (SSSR count). The zero-order valence-corrected chi connectivity index (χ0v) is 15.4. The predicted molar refractivity (Wildman–Crippen MR) is 111 cm³/mol. The molecule has 0 bridgehead atoms. The highest BCUT2D eigenvalue weighted by atomic mass is 16.4. The van der Waals surface area contributed by atoms with Crippen LogP contribution in [0, 0.1) is 0 Å². The number of pyridine rings is 1. The summed E-state index contributed by atoms with van der Waals surface area (Å²) in [7, 11) is 0. The van der Waals surface area contributed by atoms with Crippen LogP contribution in [-0.2, 0) is 0 Å². The third-order valence-electron chi connectivity index (χ3n) is 5.10. The van der Waals surface area contributed by atoms with Crippen LogP contribution in [0.5, 0.6) is 5.75 Å². The van der Waals surface area contributed by atoms with Crippen molar-refractivity contribution in [3.63, 3.8) is 0 Å². The topological polar surface area (TPSA) is 87.7 Å². The molecule has 1 aliphatic heterocycles. The van der Waals surface area contributed by atoms with Crippen molar-refractivity contribution in [3.05, 3.63) is 94.5 Å². The lowest BCUT2D eigenvalue weighted by molar-refractivity contribution is 0.466. The second-order valence-corrected chi connectivity index (χ2v) is 6.86. The lowest BCUT2D eigenvalue weighted by atomic mass is 9.93. The normalized spacial score (nSPS) is 15.9. The van der Waals surface area contributed by atoms with E-state index in [-0.39, 0.29) is 17.4 Å². The summed E-state index contributed by atoms with van der Waals surface area (Å²) in [5.74, 6) is -0.101. The molecule has 1 atom stereocenters. The van der Waals surface area contributed by atoms with Gasteiger partial charge in [0.2, 0.25) is 0 Å². The van der Waals surface area contributed by atoms with Crippen molar-refractivity contribution in [2.45, 2.75) is 12.5 Å². The molecule has 0 saturated carbocycles. The summed E-state index contributed by atoms with van der Waals surface area (Å²) in [5, 5.41) is 15.5. The number of nitrogens with one attached hydrogen (secondary N) is 1. The van der Waals surface area contributed by atoms with E-state index in [1.54, 1.807) is 30.5 Å². The largest absolute Gasteiger partial charge is 0.506 e.